The van der Waals surface area contributed by atoms with Crippen LogP contribution in [0.2, 0.25) is 0 Å². The van der Waals surface area contributed by atoms with Crippen molar-refractivity contribution in [1.82, 2.24) is 9.78 Å². The zero-order valence-corrected chi connectivity index (χ0v) is 8.89. The van der Waals surface area contributed by atoms with E-state index in [1.165, 1.54) is 4.68 Å². The van der Waals surface area contributed by atoms with E-state index in [1.807, 2.05) is 30.3 Å². The molecule has 6 heteroatoms. The second-order valence-electron chi connectivity index (χ2n) is 3.30. The number of carboxylic acid groups (broad SMARTS) is 1. The van der Waals surface area contributed by atoms with Crippen molar-refractivity contribution >= 4 is 17.5 Å². The number of hydrogen-bond donors (Lipinski definition) is 1. The van der Waals surface area contributed by atoms with Crippen molar-refractivity contribution in [1.29, 1.82) is 0 Å². The summed E-state index contributed by atoms with van der Waals surface area (Å²) in [4.78, 5) is 10.4. The van der Waals surface area contributed by atoms with E-state index in [-0.39, 0.29) is 6.54 Å². The van der Waals surface area contributed by atoms with Crippen LogP contribution in [-0.2, 0) is 11.3 Å². The number of carbonyl (C=O) groups is 1. The van der Waals surface area contributed by atoms with Crippen molar-refractivity contribution in [3.8, 4) is 0 Å². The standard InChI is InChI=1S/C11H10N4O2/c16-11(17)8-15-7-6-10(14-15)13-12-9-4-2-1-3-5-9/h1-7H,8H2,(H,16,17)/b13-12+. The fourth-order valence-corrected chi connectivity index (χ4v) is 1.23. The summed E-state index contributed by atoms with van der Waals surface area (Å²) >= 11 is 0. The van der Waals surface area contributed by atoms with Gasteiger partial charge in [0.15, 0.2) is 5.82 Å². The minimum Gasteiger partial charge on any atom is -0.480 e. The van der Waals surface area contributed by atoms with Crippen molar-refractivity contribution in [3.05, 3.63) is 42.6 Å². The van der Waals surface area contributed by atoms with Crippen molar-refractivity contribution in [3.63, 3.8) is 0 Å². The lowest BCUT2D eigenvalue weighted by atomic mass is 10.3. The highest BCUT2D eigenvalue weighted by atomic mass is 16.4. The minimum absolute atomic E-state index is 0.180. The SMILES string of the molecule is O=C(O)Cn1ccc(/N=N/c2ccccc2)n1. The Bertz CT molecular complexity index is 533. The lowest BCUT2D eigenvalue weighted by Crippen LogP contribution is -2.08. The van der Waals surface area contributed by atoms with E-state index >= 15 is 0 Å². The van der Waals surface area contributed by atoms with E-state index in [2.05, 4.69) is 15.3 Å². The van der Waals surface area contributed by atoms with Crippen LogP contribution in [0.4, 0.5) is 11.5 Å². The third-order valence-electron chi connectivity index (χ3n) is 1.95. The molecule has 0 unspecified atom stereocenters. The van der Waals surface area contributed by atoms with Gasteiger partial charge in [-0.05, 0) is 12.1 Å². The highest BCUT2D eigenvalue weighted by Crippen LogP contribution is 2.15. The van der Waals surface area contributed by atoms with Crippen LogP contribution in [0, 0.1) is 0 Å². The Morgan fingerprint density at radius 3 is 2.71 bits per heavy atom. The lowest BCUT2D eigenvalue weighted by molar-refractivity contribution is -0.137. The molecule has 0 aliphatic heterocycles. The van der Waals surface area contributed by atoms with Gasteiger partial charge in [-0.2, -0.15) is 5.10 Å². The van der Waals surface area contributed by atoms with Gasteiger partial charge < -0.3 is 5.11 Å². The molecule has 0 aliphatic rings. The molecule has 0 radical (unpaired) electrons. The molecule has 2 aromatic rings. The number of aromatic nitrogens is 2. The summed E-state index contributed by atoms with van der Waals surface area (Å²) in [7, 11) is 0. The van der Waals surface area contributed by atoms with Crippen molar-refractivity contribution in [2.45, 2.75) is 6.54 Å². The highest BCUT2D eigenvalue weighted by molar-refractivity contribution is 5.66. The summed E-state index contributed by atoms with van der Waals surface area (Å²) in [5.74, 6) is -0.560. The monoisotopic (exact) mass is 230 g/mol. The zero-order valence-electron chi connectivity index (χ0n) is 8.89. The van der Waals surface area contributed by atoms with Crippen molar-refractivity contribution in [2.24, 2.45) is 10.2 Å². The Morgan fingerprint density at radius 2 is 2.00 bits per heavy atom. The van der Waals surface area contributed by atoms with Gasteiger partial charge in [-0.15, -0.1) is 10.2 Å². The smallest absolute Gasteiger partial charge is 0.325 e. The summed E-state index contributed by atoms with van der Waals surface area (Å²) in [6, 6.07) is 10.8. The maximum atomic E-state index is 10.4. The summed E-state index contributed by atoms with van der Waals surface area (Å²) in [5, 5.41) is 20.4. The Hall–Kier alpha value is -2.50. The largest absolute Gasteiger partial charge is 0.480 e. The van der Waals surface area contributed by atoms with Crippen LogP contribution in [0.15, 0.2) is 52.8 Å². The molecule has 0 saturated carbocycles. The molecule has 1 aromatic heterocycles. The summed E-state index contributed by atoms with van der Waals surface area (Å²) in [6.07, 6.45) is 1.55. The number of azo groups is 1. The van der Waals surface area contributed by atoms with Crippen LogP contribution in [0.1, 0.15) is 0 Å². The van der Waals surface area contributed by atoms with Gasteiger partial charge in [0.05, 0.1) is 5.69 Å². The molecule has 1 heterocycles. The molecule has 0 bridgehead atoms. The molecule has 0 saturated heterocycles. The van der Waals surface area contributed by atoms with Crippen LogP contribution in [0.3, 0.4) is 0 Å². The number of nitrogens with zero attached hydrogens (tertiary/aromatic N) is 4. The molecular weight excluding hydrogens is 220 g/mol. The Balaban J connectivity index is 2.06. The topological polar surface area (TPSA) is 79.8 Å². The van der Waals surface area contributed by atoms with Crippen molar-refractivity contribution in [2.75, 3.05) is 0 Å². The third-order valence-corrected chi connectivity index (χ3v) is 1.95. The predicted octanol–water partition coefficient (Wildman–Crippen LogP) is 2.38. The maximum Gasteiger partial charge on any atom is 0.325 e. The van der Waals surface area contributed by atoms with E-state index in [0.717, 1.165) is 5.69 Å². The molecule has 6 nitrogen and oxygen atoms in total. The molecule has 0 fully saturated rings. The maximum absolute atomic E-state index is 10.4. The van der Waals surface area contributed by atoms with Crippen LogP contribution in [0.25, 0.3) is 0 Å². The first-order valence-corrected chi connectivity index (χ1v) is 4.96. The van der Waals surface area contributed by atoms with Crippen LogP contribution in [0.5, 0.6) is 0 Å². The van der Waals surface area contributed by atoms with Gasteiger partial charge in [-0.25, -0.2) is 0 Å². The van der Waals surface area contributed by atoms with Gasteiger partial charge in [0.25, 0.3) is 0 Å². The summed E-state index contributed by atoms with van der Waals surface area (Å²) in [5.41, 5.74) is 0.722. The highest BCUT2D eigenvalue weighted by Gasteiger charge is 2.01. The molecule has 0 atom stereocenters. The van der Waals surface area contributed by atoms with Gasteiger partial charge in [0.1, 0.15) is 6.54 Å². The Kier molecular flexibility index (Phi) is 3.25. The Morgan fingerprint density at radius 1 is 1.24 bits per heavy atom. The zero-order chi connectivity index (χ0) is 12.1. The molecule has 86 valence electrons. The molecule has 17 heavy (non-hydrogen) atoms. The minimum atomic E-state index is -0.945. The average molecular weight is 230 g/mol. The number of carboxylic acids is 1. The van der Waals surface area contributed by atoms with Gasteiger partial charge in [-0.3, -0.25) is 9.48 Å². The first kappa shape index (κ1) is 11.0. The molecule has 0 spiro atoms. The fourth-order valence-electron chi connectivity index (χ4n) is 1.23. The number of benzene rings is 1. The second-order valence-corrected chi connectivity index (χ2v) is 3.30. The molecular formula is C11H10N4O2. The summed E-state index contributed by atoms with van der Waals surface area (Å²) in [6.45, 7) is -0.180. The Labute approximate surface area is 97.2 Å². The van der Waals surface area contributed by atoms with Crippen LogP contribution < -0.4 is 0 Å². The molecule has 0 aliphatic carbocycles. The first-order chi connectivity index (χ1) is 8.24. The first-order valence-electron chi connectivity index (χ1n) is 4.96. The van der Waals surface area contributed by atoms with Gasteiger partial charge in [0, 0.05) is 12.3 Å². The van der Waals surface area contributed by atoms with E-state index in [1.54, 1.807) is 12.3 Å². The van der Waals surface area contributed by atoms with E-state index in [0.29, 0.717) is 5.82 Å². The van der Waals surface area contributed by atoms with E-state index in [4.69, 9.17) is 5.11 Å². The van der Waals surface area contributed by atoms with Crippen LogP contribution >= 0.6 is 0 Å². The predicted molar refractivity (Wildman–Crippen MR) is 60.5 cm³/mol. The van der Waals surface area contributed by atoms with Crippen molar-refractivity contribution < 1.29 is 9.90 Å². The summed E-state index contributed by atoms with van der Waals surface area (Å²) < 4.78 is 1.29. The molecule has 0 amide bonds. The fraction of sp³-hybridized carbons (Fsp3) is 0.0909. The molecule has 2 rings (SSSR count). The number of hydrogen-bond acceptors (Lipinski definition) is 4. The average Bonchev–Trinajstić information content (AvgIpc) is 2.75. The number of aliphatic carboxylic acids is 1. The van der Waals surface area contributed by atoms with Gasteiger partial charge in [0.2, 0.25) is 0 Å². The normalized spacial score (nSPS) is 10.8. The van der Waals surface area contributed by atoms with E-state index < -0.39 is 5.97 Å². The molecule has 1 N–H and O–H groups in total. The third kappa shape index (κ3) is 3.23. The molecule has 1 aromatic carbocycles. The second kappa shape index (κ2) is 5.02. The van der Waals surface area contributed by atoms with Gasteiger partial charge >= 0.3 is 5.97 Å². The number of rotatable bonds is 4. The van der Waals surface area contributed by atoms with E-state index in [9.17, 15) is 4.79 Å². The quantitative estimate of drug-likeness (QED) is 0.819. The van der Waals surface area contributed by atoms with Gasteiger partial charge in [-0.1, -0.05) is 18.2 Å². The van der Waals surface area contributed by atoms with Crippen LogP contribution in [-0.4, -0.2) is 20.9 Å². The lowest BCUT2D eigenvalue weighted by Gasteiger charge is -1.92.